The van der Waals surface area contributed by atoms with Crippen molar-refractivity contribution >= 4 is 0 Å². The van der Waals surface area contributed by atoms with Gasteiger partial charge in [0, 0.05) is 18.1 Å². The largest absolute Gasteiger partial charge is 0.312 e. The van der Waals surface area contributed by atoms with E-state index in [0.29, 0.717) is 5.54 Å². The summed E-state index contributed by atoms with van der Waals surface area (Å²) in [6, 6.07) is 0.735. The monoisotopic (exact) mass is 224 g/mol. The maximum Gasteiger partial charge on any atom is 0.0327 e. The van der Waals surface area contributed by atoms with Gasteiger partial charge in [0.05, 0.1) is 0 Å². The molecular formula is C14H28N2. The van der Waals surface area contributed by atoms with Gasteiger partial charge in [-0.25, -0.2) is 0 Å². The Bertz CT molecular complexity index is 215. The van der Waals surface area contributed by atoms with Crippen LogP contribution in [0.4, 0.5) is 0 Å². The Morgan fingerprint density at radius 3 is 2.31 bits per heavy atom. The lowest BCUT2D eigenvalue weighted by Gasteiger charge is -2.44. The van der Waals surface area contributed by atoms with Gasteiger partial charge in [0.25, 0.3) is 0 Å². The van der Waals surface area contributed by atoms with Gasteiger partial charge in [0.15, 0.2) is 0 Å². The normalized spacial score (nSPS) is 27.0. The molecule has 0 saturated heterocycles. The lowest BCUT2D eigenvalue weighted by atomic mass is 9.80. The van der Waals surface area contributed by atoms with Crippen molar-refractivity contribution in [2.45, 2.75) is 63.5 Å². The molecule has 2 nitrogen and oxygen atoms in total. The van der Waals surface area contributed by atoms with E-state index >= 15 is 0 Å². The van der Waals surface area contributed by atoms with Crippen LogP contribution in [0.25, 0.3) is 0 Å². The Hall–Kier alpha value is -0.0800. The van der Waals surface area contributed by atoms with Gasteiger partial charge < -0.3 is 10.2 Å². The van der Waals surface area contributed by atoms with E-state index in [4.69, 9.17) is 0 Å². The summed E-state index contributed by atoms with van der Waals surface area (Å²) in [5, 5.41) is 3.79. The molecule has 0 aliphatic heterocycles. The molecule has 1 atom stereocenters. The molecule has 2 heteroatoms. The number of nitrogens with zero attached hydrogens (tertiary/aromatic N) is 1. The maximum atomic E-state index is 3.79. The van der Waals surface area contributed by atoms with Gasteiger partial charge in [-0.3, -0.25) is 0 Å². The lowest BCUT2D eigenvalue weighted by molar-refractivity contribution is 0.0949. The molecule has 2 fully saturated rings. The van der Waals surface area contributed by atoms with Gasteiger partial charge >= 0.3 is 0 Å². The molecule has 0 spiro atoms. The summed E-state index contributed by atoms with van der Waals surface area (Å²) in [4.78, 5) is 2.47. The zero-order valence-corrected chi connectivity index (χ0v) is 11.3. The molecule has 0 amide bonds. The highest BCUT2D eigenvalue weighted by molar-refractivity contribution is 4.94. The van der Waals surface area contributed by atoms with Crippen LogP contribution in [0.5, 0.6) is 0 Å². The molecule has 2 saturated carbocycles. The third-order valence-corrected chi connectivity index (χ3v) is 4.82. The van der Waals surface area contributed by atoms with Crippen molar-refractivity contribution < 1.29 is 0 Å². The third kappa shape index (κ3) is 2.78. The van der Waals surface area contributed by atoms with Crippen molar-refractivity contribution in [3.8, 4) is 0 Å². The zero-order chi connectivity index (χ0) is 11.6. The van der Waals surface area contributed by atoms with Gasteiger partial charge in [-0.15, -0.1) is 0 Å². The molecule has 0 aromatic rings. The van der Waals surface area contributed by atoms with Gasteiger partial charge in [-0.05, 0) is 52.6 Å². The predicted octanol–water partition coefficient (Wildman–Crippen LogP) is 2.64. The fourth-order valence-corrected chi connectivity index (χ4v) is 3.11. The van der Waals surface area contributed by atoms with Crippen molar-refractivity contribution in [3.63, 3.8) is 0 Å². The van der Waals surface area contributed by atoms with E-state index in [2.05, 4.69) is 31.2 Å². The minimum atomic E-state index is 0.446. The summed E-state index contributed by atoms with van der Waals surface area (Å²) in [7, 11) is 4.52. The molecule has 16 heavy (non-hydrogen) atoms. The molecule has 0 heterocycles. The molecule has 1 N–H and O–H groups in total. The van der Waals surface area contributed by atoms with E-state index in [1.165, 1.54) is 51.5 Å². The molecule has 2 rings (SSSR count). The van der Waals surface area contributed by atoms with E-state index in [-0.39, 0.29) is 0 Å². The quantitative estimate of drug-likeness (QED) is 0.772. The molecular weight excluding hydrogens is 196 g/mol. The van der Waals surface area contributed by atoms with Crippen LogP contribution < -0.4 is 5.32 Å². The first-order valence-corrected chi connectivity index (χ1v) is 7.05. The first kappa shape index (κ1) is 12.4. The van der Waals surface area contributed by atoms with E-state index in [1.807, 2.05) is 0 Å². The zero-order valence-electron chi connectivity index (χ0n) is 11.3. The van der Waals surface area contributed by atoms with Crippen LogP contribution >= 0.6 is 0 Å². The molecule has 0 radical (unpaired) electrons. The van der Waals surface area contributed by atoms with Crippen LogP contribution in [0, 0.1) is 5.92 Å². The van der Waals surface area contributed by atoms with E-state index in [0.717, 1.165) is 12.0 Å². The molecule has 1 unspecified atom stereocenters. The van der Waals surface area contributed by atoms with Gasteiger partial charge in [-0.1, -0.05) is 19.3 Å². The van der Waals surface area contributed by atoms with Crippen molar-refractivity contribution in [2.75, 3.05) is 20.6 Å². The van der Waals surface area contributed by atoms with E-state index in [1.54, 1.807) is 0 Å². The SMILES string of the molecule is CC(NCC1(N(C)C)CCCCC1)C1CC1. The first-order chi connectivity index (χ1) is 7.64. The Balaban J connectivity index is 1.85. The average molecular weight is 224 g/mol. The molecule has 2 aliphatic carbocycles. The second-order valence-electron chi connectivity index (χ2n) is 6.19. The Morgan fingerprint density at radius 1 is 1.19 bits per heavy atom. The standard InChI is InChI=1S/C14H28N2/c1-12(13-7-8-13)15-11-14(16(2)3)9-5-4-6-10-14/h12-13,15H,4-11H2,1-3H3. The van der Waals surface area contributed by atoms with Crippen LogP contribution in [-0.4, -0.2) is 37.1 Å². The van der Waals surface area contributed by atoms with Crippen LogP contribution in [0.1, 0.15) is 51.9 Å². The number of rotatable bonds is 5. The molecule has 0 aromatic carbocycles. The minimum Gasteiger partial charge on any atom is -0.312 e. The van der Waals surface area contributed by atoms with Gasteiger partial charge in [-0.2, -0.15) is 0 Å². The minimum absolute atomic E-state index is 0.446. The summed E-state index contributed by atoms with van der Waals surface area (Å²) < 4.78 is 0. The third-order valence-electron chi connectivity index (χ3n) is 4.82. The van der Waals surface area contributed by atoms with Crippen molar-refractivity contribution in [2.24, 2.45) is 5.92 Å². The highest BCUT2D eigenvalue weighted by atomic mass is 15.2. The fraction of sp³-hybridized carbons (Fsp3) is 1.00. The van der Waals surface area contributed by atoms with Crippen LogP contribution in [0.3, 0.4) is 0 Å². The second-order valence-corrected chi connectivity index (χ2v) is 6.19. The first-order valence-electron chi connectivity index (χ1n) is 7.05. The lowest BCUT2D eigenvalue weighted by Crippen LogP contribution is -2.54. The summed E-state index contributed by atoms with van der Waals surface area (Å²) >= 11 is 0. The maximum absolute atomic E-state index is 3.79. The van der Waals surface area contributed by atoms with Crippen LogP contribution in [0.2, 0.25) is 0 Å². The smallest absolute Gasteiger partial charge is 0.0327 e. The number of nitrogens with one attached hydrogen (secondary N) is 1. The number of hydrogen-bond acceptors (Lipinski definition) is 2. The summed E-state index contributed by atoms with van der Waals surface area (Å²) in [5.74, 6) is 0.975. The summed E-state index contributed by atoms with van der Waals surface area (Å²) in [5.41, 5.74) is 0.446. The number of likely N-dealkylation sites (N-methyl/N-ethyl adjacent to an activating group) is 1. The summed E-state index contributed by atoms with van der Waals surface area (Å²) in [6.07, 6.45) is 9.92. The van der Waals surface area contributed by atoms with Gasteiger partial charge in [0.1, 0.15) is 0 Å². The van der Waals surface area contributed by atoms with Crippen molar-refractivity contribution in [1.82, 2.24) is 10.2 Å². The molecule has 0 aromatic heterocycles. The van der Waals surface area contributed by atoms with Crippen LogP contribution in [0.15, 0.2) is 0 Å². The fourth-order valence-electron chi connectivity index (χ4n) is 3.11. The Morgan fingerprint density at radius 2 is 1.81 bits per heavy atom. The topological polar surface area (TPSA) is 15.3 Å². The predicted molar refractivity (Wildman–Crippen MR) is 69.7 cm³/mol. The van der Waals surface area contributed by atoms with Crippen LogP contribution in [-0.2, 0) is 0 Å². The average Bonchev–Trinajstić information content (AvgIpc) is 3.11. The van der Waals surface area contributed by atoms with Crippen molar-refractivity contribution in [3.05, 3.63) is 0 Å². The van der Waals surface area contributed by atoms with E-state index in [9.17, 15) is 0 Å². The highest BCUT2D eigenvalue weighted by Crippen LogP contribution is 2.34. The summed E-state index contributed by atoms with van der Waals surface area (Å²) in [6.45, 7) is 3.56. The molecule has 94 valence electrons. The molecule has 0 bridgehead atoms. The highest BCUT2D eigenvalue weighted by Gasteiger charge is 2.35. The second kappa shape index (κ2) is 5.05. The number of hydrogen-bond donors (Lipinski definition) is 1. The Kier molecular flexibility index (Phi) is 3.91. The van der Waals surface area contributed by atoms with Gasteiger partial charge in [0.2, 0.25) is 0 Å². The van der Waals surface area contributed by atoms with E-state index < -0.39 is 0 Å². The van der Waals surface area contributed by atoms with Crippen molar-refractivity contribution in [1.29, 1.82) is 0 Å². The molecule has 2 aliphatic rings. The Labute approximate surface area is 101 Å².